The van der Waals surface area contributed by atoms with E-state index in [9.17, 15) is 4.79 Å². The molecule has 0 amide bonds. The molecule has 1 aromatic carbocycles. The molecule has 2 aliphatic rings. The minimum absolute atomic E-state index is 0.0422. The molecule has 5 nitrogen and oxygen atoms in total. The fourth-order valence-corrected chi connectivity index (χ4v) is 6.63. The predicted octanol–water partition coefficient (Wildman–Crippen LogP) is 3.84. The summed E-state index contributed by atoms with van der Waals surface area (Å²) in [6.45, 7) is 5.59. The van der Waals surface area contributed by atoms with E-state index in [4.69, 9.17) is 18.9 Å². The van der Waals surface area contributed by atoms with Crippen LogP contribution in [-0.4, -0.2) is 49.5 Å². The average molecular weight is 399 g/mol. The standard InChI is InChI=1S/C19H26O5S2/c1-12-16(24-18(2,3)23-12)17(20)19(25-7-6-8-26-19)13-9-14(21-4)11-15(10-13)22-5/h9-12,16H,6-8H2,1-5H3/t12?,16-/m1/s1. The van der Waals surface area contributed by atoms with Crippen molar-refractivity contribution in [2.24, 2.45) is 0 Å². The maximum Gasteiger partial charge on any atom is 0.194 e. The Hall–Kier alpha value is -0.890. The highest BCUT2D eigenvalue weighted by Gasteiger charge is 2.53. The molecule has 1 aromatic rings. The second-order valence-corrected chi connectivity index (χ2v) is 9.77. The molecular weight excluding hydrogens is 372 g/mol. The number of thioether (sulfide) groups is 2. The number of carbonyl (C=O) groups excluding carboxylic acids is 1. The van der Waals surface area contributed by atoms with Gasteiger partial charge in [-0.2, -0.15) is 0 Å². The zero-order valence-corrected chi connectivity index (χ0v) is 17.5. The fourth-order valence-electron chi connectivity index (χ4n) is 3.37. The summed E-state index contributed by atoms with van der Waals surface area (Å²) >= 11 is 3.33. The molecule has 2 heterocycles. The van der Waals surface area contributed by atoms with Crippen molar-refractivity contribution in [2.45, 2.75) is 49.3 Å². The molecule has 2 aliphatic heterocycles. The van der Waals surface area contributed by atoms with Crippen molar-refractivity contribution >= 4 is 29.3 Å². The molecule has 26 heavy (non-hydrogen) atoms. The van der Waals surface area contributed by atoms with E-state index in [1.165, 1.54) is 0 Å². The maximum absolute atomic E-state index is 13.7. The summed E-state index contributed by atoms with van der Waals surface area (Å²) in [6.07, 6.45) is 0.194. The van der Waals surface area contributed by atoms with Gasteiger partial charge in [0, 0.05) is 6.07 Å². The number of hydrogen-bond donors (Lipinski definition) is 0. The average Bonchev–Trinajstić information content (AvgIpc) is 2.93. The van der Waals surface area contributed by atoms with Crippen molar-refractivity contribution in [3.63, 3.8) is 0 Å². The Bertz CT molecular complexity index is 648. The summed E-state index contributed by atoms with van der Waals surface area (Å²) in [5.74, 6) is 2.48. The van der Waals surface area contributed by atoms with Gasteiger partial charge >= 0.3 is 0 Å². The third kappa shape index (κ3) is 3.72. The number of Topliss-reactive ketones (excluding diaryl/α,β-unsaturated/α-hetero) is 1. The van der Waals surface area contributed by atoms with Gasteiger partial charge < -0.3 is 18.9 Å². The molecule has 3 rings (SSSR count). The number of ether oxygens (including phenoxy) is 4. The Morgan fingerprint density at radius 2 is 1.65 bits per heavy atom. The number of ketones is 1. The molecule has 0 bridgehead atoms. The van der Waals surface area contributed by atoms with Gasteiger partial charge in [0.1, 0.15) is 21.7 Å². The Kier molecular flexibility index (Phi) is 5.82. The number of carbonyl (C=O) groups is 1. The minimum atomic E-state index is -0.753. The molecule has 2 saturated heterocycles. The highest BCUT2D eigenvalue weighted by molar-refractivity contribution is 8.19. The van der Waals surface area contributed by atoms with Gasteiger partial charge in [0.25, 0.3) is 0 Å². The molecular formula is C19H26O5S2. The van der Waals surface area contributed by atoms with Crippen molar-refractivity contribution in [3.05, 3.63) is 23.8 Å². The lowest BCUT2D eigenvalue weighted by Crippen LogP contribution is -2.43. The lowest BCUT2D eigenvalue weighted by Gasteiger charge is -2.37. The van der Waals surface area contributed by atoms with E-state index in [1.807, 2.05) is 39.0 Å². The van der Waals surface area contributed by atoms with Crippen LogP contribution in [0, 0.1) is 0 Å². The minimum Gasteiger partial charge on any atom is -0.497 e. The maximum atomic E-state index is 13.7. The smallest absolute Gasteiger partial charge is 0.194 e. The van der Waals surface area contributed by atoms with Gasteiger partial charge in [-0.05, 0) is 56.4 Å². The number of hydrogen-bond acceptors (Lipinski definition) is 7. The lowest BCUT2D eigenvalue weighted by atomic mass is 10.0. The molecule has 7 heteroatoms. The fraction of sp³-hybridized carbons (Fsp3) is 0.632. The lowest BCUT2D eigenvalue weighted by molar-refractivity contribution is -0.154. The summed E-state index contributed by atoms with van der Waals surface area (Å²) < 4.78 is 21.9. The van der Waals surface area contributed by atoms with Gasteiger partial charge in [-0.25, -0.2) is 0 Å². The van der Waals surface area contributed by atoms with Crippen molar-refractivity contribution in [2.75, 3.05) is 25.7 Å². The molecule has 0 aromatic heterocycles. The van der Waals surface area contributed by atoms with Crippen molar-refractivity contribution in [3.8, 4) is 11.5 Å². The molecule has 2 atom stereocenters. The molecule has 0 spiro atoms. The van der Waals surface area contributed by atoms with Crippen molar-refractivity contribution in [1.29, 1.82) is 0 Å². The van der Waals surface area contributed by atoms with Gasteiger partial charge in [0.15, 0.2) is 11.6 Å². The van der Waals surface area contributed by atoms with Crippen LogP contribution < -0.4 is 9.47 Å². The number of methoxy groups -OCH3 is 2. The second kappa shape index (κ2) is 7.62. The first kappa shape index (κ1) is 19.9. The molecule has 0 radical (unpaired) electrons. The first-order valence-electron chi connectivity index (χ1n) is 8.73. The van der Waals surface area contributed by atoms with E-state index in [2.05, 4.69) is 0 Å². The van der Waals surface area contributed by atoms with Gasteiger partial charge in [-0.1, -0.05) is 0 Å². The summed E-state index contributed by atoms with van der Waals surface area (Å²) in [5.41, 5.74) is 0.883. The zero-order valence-electron chi connectivity index (χ0n) is 15.9. The van der Waals surface area contributed by atoms with E-state index in [1.54, 1.807) is 37.7 Å². The van der Waals surface area contributed by atoms with Crippen LogP contribution in [0.4, 0.5) is 0 Å². The largest absolute Gasteiger partial charge is 0.497 e. The Morgan fingerprint density at radius 1 is 1.08 bits per heavy atom. The second-order valence-electron chi connectivity index (χ2n) is 6.89. The summed E-state index contributed by atoms with van der Waals surface area (Å²) in [6, 6.07) is 5.68. The molecule has 0 aliphatic carbocycles. The van der Waals surface area contributed by atoms with Gasteiger partial charge in [-0.3, -0.25) is 4.79 Å². The van der Waals surface area contributed by atoms with E-state index >= 15 is 0 Å². The van der Waals surface area contributed by atoms with Crippen LogP contribution in [0.5, 0.6) is 11.5 Å². The number of rotatable bonds is 5. The van der Waals surface area contributed by atoms with Crippen molar-refractivity contribution < 1.29 is 23.7 Å². The number of benzene rings is 1. The summed E-state index contributed by atoms with van der Waals surface area (Å²) in [5, 5.41) is 0. The van der Waals surface area contributed by atoms with Crippen LogP contribution in [0.25, 0.3) is 0 Å². The van der Waals surface area contributed by atoms with Crippen LogP contribution in [0.2, 0.25) is 0 Å². The molecule has 144 valence electrons. The predicted molar refractivity (Wildman–Crippen MR) is 105 cm³/mol. The van der Waals surface area contributed by atoms with Crippen LogP contribution >= 0.6 is 23.5 Å². The van der Waals surface area contributed by atoms with E-state index in [0.29, 0.717) is 11.5 Å². The highest BCUT2D eigenvalue weighted by Crippen LogP contribution is 2.54. The summed E-state index contributed by atoms with van der Waals surface area (Å²) in [7, 11) is 3.24. The zero-order chi connectivity index (χ0) is 18.9. The van der Waals surface area contributed by atoms with Crippen LogP contribution in [0.1, 0.15) is 32.8 Å². The van der Waals surface area contributed by atoms with E-state index < -0.39 is 16.0 Å². The van der Waals surface area contributed by atoms with Crippen molar-refractivity contribution in [1.82, 2.24) is 0 Å². The normalized spacial score (nSPS) is 27.1. The molecule has 0 N–H and O–H groups in total. The molecule has 0 saturated carbocycles. The highest BCUT2D eigenvalue weighted by atomic mass is 32.2. The third-order valence-corrected chi connectivity index (χ3v) is 7.90. The van der Waals surface area contributed by atoms with Crippen LogP contribution in [0.3, 0.4) is 0 Å². The Labute approximate surface area is 163 Å². The van der Waals surface area contributed by atoms with Gasteiger partial charge in [0.2, 0.25) is 0 Å². The Morgan fingerprint density at radius 3 is 2.12 bits per heavy atom. The first-order valence-corrected chi connectivity index (χ1v) is 10.7. The quantitative estimate of drug-likeness (QED) is 0.747. The summed E-state index contributed by atoms with van der Waals surface area (Å²) in [4.78, 5) is 13.7. The van der Waals surface area contributed by atoms with Gasteiger partial charge in [0.05, 0.1) is 20.3 Å². The van der Waals surface area contributed by atoms with E-state index in [0.717, 1.165) is 23.5 Å². The monoisotopic (exact) mass is 398 g/mol. The van der Waals surface area contributed by atoms with Crippen LogP contribution in [0.15, 0.2) is 18.2 Å². The third-order valence-electron chi connectivity index (χ3n) is 4.52. The Balaban J connectivity index is 2.04. The molecule has 1 unspecified atom stereocenters. The van der Waals surface area contributed by atoms with Gasteiger partial charge in [-0.15, -0.1) is 23.5 Å². The topological polar surface area (TPSA) is 54.0 Å². The molecule has 2 fully saturated rings. The SMILES string of the molecule is COc1cc(OC)cc(C2(C(=O)[C@@H]3OC(C)(C)OC3C)SCCCS2)c1. The van der Waals surface area contributed by atoms with E-state index in [-0.39, 0.29) is 11.9 Å². The van der Waals surface area contributed by atoms with Crippen LogP contribution in [-0.2, 0) is 18.3 Å². The first-order chi connectivity index (χ1) is 12.3.